The fourth-order valence-corrected chi connectivity index (χ4v) is 3.25. The molecule has 0 bridgehead atoms. The molecule has 6 nitrogen and oxygen atoms in total. The Morgan fingerprint density at radius 2 is 2.24 bits per heavy atom. The number of Topliss-reactive ketones (excluding diaryl/α,β-unsaturated/α-hetero) is 1. The minimum absolute atomic E-state index is 0.0242. The van der Waals surface area contributed by atoms with Crippen LogP contribution in [-0.2, 0) is 21.9 Å². The Morgan fingerprint density at radius 1 is 1.65 bits per heavy atom. The molecule has 0 saturated carbocycles. The van der Waals surface area contributed by atoms with Crippen LogP contribution in [-0.4, -0.2) is 30.0 Å². The molecule has 0 radical (unpaired) electrons. The highest BCUT2D eigenvalue weighted by atomic mass is 35.5. The summed E-state index contributed by atoms with van der Waals surface area (Å²) in [7, 11) is -2.37. The van der Waals surface area contributed by atoms with Gasteiger partial charge in [0, 0.05) is 13.5 Å². The first-order chi connectivity index (χ1) is 7.79. The molecule has 8 heteroatoms. The number of hydrogen-bond donors (Lipinski definition) is 1. The van der Waals surface area contributed by atoms with Gasteiger partial charge in [-0.1, -0.05) is 18.5 Å². The van der Waals surface area contributed by atoms with Gasteiger partial charge in [-0.25, -0.2) is 8.42 Å². The number of aryl methyl sites for hydroxylation is 1. The Labute approximate surface area is 105 Å². The van der Waals surface area contributed by atoms with Crippen LogP contribution in [0.1, 0.15) is 20.3 Å². The maximum atomic E-state index is 12.0. The largest absolute Gasteiger partial charge is 0.298 e. The van der Waals surface area contributed by atoms with Crippen molar-refractivity contribution in [1.29, 1.82) is 0 Å². The van der Waals surface area contributed by atoms with Crippen LogP contribution >= 0.6 is 11.6 Å². The van der Waals surface area contributed by atoms with E-state index in [-0.39, 0.29) is 22.3 Å². The summed E-state index contributed by atoms with van der Waals surface area (Å²) in [6.07, 6.45) is 1.51. The summed E-state index contributed by atoms with van der Waals surface area (Å²) in [5.41, 5.74) is 0. The topological polar surface area (TPSA) is 81.1 Å². The molecule has 17 heavy (non-hydrogen) atoms. The van der Waals surface area contributed by atoms with Crippen LogP contribution in [0.3, 0.4) is 0 Å². The van der Waals surface area contributed by atoms with Gasteiger partial charge >= 0.3 is 0 Å². The highest BCUT2D eigenvalue weighted by Gasteiger charge is 2.26. The van der Waals surface area contributed by atoms with Crippen LogP contribution in [0.25, 0.3) is 0 Å². The zero-order chi connectivity index (χ0) is 13.2. The van der Waals surface area contributed by atoms with Gasteiger partial charge in [-0.15, -0.1) is 0 Å². The molecule has 0 amide bonds. The van der Waals surface area contributed by atoms with E-state index in [0.717, 1.165) is 4.68 Å². The van der Waals surface area contributed by atoms with Gasteiger partial charge < -0.3 is 0 Å². The Kier molecular flexibility index (Phi) is 4.29. The average Bonchev–Trinajstić information content (AvgIpc) is 2.57. The number of ketones is 1. The number of nitrogens with one attached hydrogen (secondary N) is 1. The molecule has 0 aliphatic carbocycles. The van der Waals surface area contributed by atoms with Crippen LogP contribution in [0, 0.1) is 0 Å². The SMILES string of the molecule is CCC(=O)C(C)NS(=O)(=O)c1c(Cl)cnn1C. The van der Waals surface area contributed by atoms with Crippen molar-refractivity contribution in [2.75, 3.05) is 0 Å². The van der Waals surface area contributed by atoms with E-state index in [1.54, 1.807) is 6.92 Å². The van der Waals surface area contributed by atoms with Crippen LogP contribution in [0.2, 0.25) is 5.02 Å². The second-order valence-electron chi connectivity index (χ2n) is 3.58. The molecule has 1 N–H and O–H groups in total. The lowest BCUT2D eigenvalue weighted by atomic mass is 10.2. The quantitative estimate of drug-likeness (QED) is 0.861. The fraction of sp³-hybridized carbons (Fsp3) is 0.556. The van der Waals surface area contributed by atoms with Gasteiger partial charge in [-0.3, -0.25) is 9.48 Å². The molecule has 0 saturated heterocycles. The number of sulfonamides is 1. The van der Waals surface area contributed by atoms with Crippen molar-refractivity contribution in [3.05, 3.63) is 11.2 Å². The van der Waals surface area contributed by atoms with Crippen molar-refractivity contribution in [1.82, 2.24) is 14.5 Å². The zero-order valence-corrected chi connectivity index (χ0v) is 11.3. The molecule has 1 heterocycles. The fourth-order valence-electron chi connectivity index (χ4n) is 1.36. The summed E-state index contributed by atoms with van der Waals surface area (Å²) >= 11 is 5.74. The maximum Gasteiger partial charge on any atom is 0.259 e. The van der Waals surface area contributed by atoms with E-state index in [0.29, 0.717) is 0 Å². The molecule has 96 valence electrons. The zero-order valence-electron chi connectivity index (χ0n) is 9.77. The first-order valence-electron chi connectivity index (χ1n) is 5.02. The minimum atomic E-state index is -3.83. The summed E-state index contributed by atoms with van der Waals surface area (Å²) in [5, 5.41) is 3.62. The third kappa shape index (κ3) is 3.05. The number of hydrogen-bond acceptors (Lipinski definition) is 4. The van der Waals surface area contributed by atoms with E-state index in [9.17, 15) is 13.2 Å². The third-order valence-electron chi connectivity index (χ3n) is 2.26. The van der Waals surface area contributed by atoms with E-state index in [1.165, 1.54) is 20.2 Å². The Hall–Kier alpha value is -0.920. The van der Waals surface area contributed by atoms with Crippen molar-refractivity contribution >= 4 is 27.4 Å². The number of carbonyl (C=O) groups excluding carboxylic acids is 1. The number of rotatable bonds is 5. The van der Waals surface area contributed by atoms with Crippen molar-refractivity contribution in [2.45, 2.75) is 31.3 Å². The van der Waals surface area contributed by atoms with Gasteiger partial charge in [0.1, 0.15) is 5.78 Å². The van der Waals surface area contributed by atoms with Gasteiger partial charge in [0.15, 0.2) is 5.03 Å². The third-order valence-corrected chi connectivity index (χ3v) is 4.31. The molecule has 1 rings (SSSR count). The minimum Gasteiger partial charge on any atom is -0.298 e. The molecule has 1 unspecified atom stereocenters. The Bertz CT molecular complexity index is 504. The smallest absolute Gasteiger partial charge is 0.259 e. The summed E-state index contributed by atoms with van der Waals surface area (Å²) in [4.78, 5) is 11.3. The summed E-state index contributed by atoms with van der Waals surface area (Å²) in [6.45, 7) is 3.16. The molecular formula is C9H14ClN3O3S. The molecule has 0 aliphatic rings. The van der Waals surface area contributed by atoms with Crippen molar-refractivity contribution in [3.8, 4) is 0 Å². The molecule has 1 atom stereocenters. The van der Waals surface area contributed by atoms with Crippen LogP contribution in [0.4, 0.5) is 0 Å². The van der Waals surface area contributed by atoms with Gasteiger partial charge in [-0.05, 0) is 6.92 Å². The number of aromatic nitrogens is 2. The number of carbonyl (C=O) groups is 1. The van der Waals surface area contributed by atoms with E-state index in [4.69, 9.17) is 11.6 Å². The van der Waals surface area contributed by atoms with Gasteiger partial charge in [-0.2, -0.15) is 9.82 Å². The lowest BCUT2D eigenvalue weighted by molar-refractivity contribution is -0.119. The first-order valence-corrected chi connectivity index (χ1v) is 6.88. The summed E-state index contributed by atoms with van der Waals surface area (Å²) in [5.74, 6) is -0.188. The van der Waals surface area contributed by atoms with E-state index in [2.05, 4.69) is 9.82 Å². The maximum absolute atomic E-state index is 12.0. The molecule has 0 aliphatic heterocycles. The normalized spacial score (nSPS) is 13.6. The van der Waals surface area contributed by atoms with E-state index >= 15 is 0 Å². The molecule has 1 aromatic rings. The Balaban J connectivity index is 3.02. The highest BCUT2D eigenvalue weighted by Crippen LogP contribution is 2.19. The number of halogens is 1. The molecule has 0 spiro atoms. The van der Waals surface area contributed by atoms with Crippen LogP contribution in [0.5, 0.6) is 0 Å². The van der Waals surface area contributed by atoms with Gasteiger partial charge in [0.2, 0.25) is 0 Å². The summed E-state index contributed by atoms with van der Waals surface area (Å²) in [6, 6.07) is -0.782. The van der Waals surface area contributed by atoms with E-state index in [1.807, 2.05) is 0 Å². The van der Waals surface area contributed by atoms with Gasteiger partial charge in [0.25, 0.3) is 10.0 Å². The standard InChI is InChI=1S/C9H14ClN3O3S/c1-4-8(14)6(2)12-17(15,16)9-7(10)5-11-13(9)3/h5-6,12H,4H2,1-3H3. The highest BCUT2D eigenvalue weighted by molar-refractivity contribution is 7.89. The molecular weight excluding hydrogens is 266 g/mol. The number of nitrogens with zero attached hydrogens (tertiary/aromatic N) is 2. The van der Waals surface area contributed by atoms with Gasteiger partial charge in [0.05, 0.1) is 17.3 Å². The van der Waals surface area contributed by atoms with Crippen LogP contribution < -0.4 is 4.72 Å². The second kappa shape index (κ2) is 5.16. The predicted octanol–water partition coefficient (Wildman–Crippen LogP) is 0.719. The second-order valence-corrected chi connectivity index (χ2v) is 5.62. The summed E-state index contributed by atoms with van der Waals surface area (Å²) < 4.78 is 27.3. The molecule has 0 aromatic carbocycles. The van der Waals surface area contributed by atoms with E-state index < -0.39 is 16.1 Å². The van der Waals surface area contributed by atoms with Crippen LogP contribution in [0.15, 0.2) is 11.2 Å². The Morgan fingerprint density at radius 3 is 2.65 bits per heavy atom. The monoisotopic (exact) mass is 279 g/mol. The lowest BCUT2D eigenvalue weighted by Crippen LogP contribution is -2.39. The van der Waals surface area contributed by atoms with Crippen molar-refractivity contribution in [3.63, 3.8) is 0 Å². The molecule has 1 aromatic heterocycles. The first kappa shape index (κ1) is 14.1. The van der Waals surface area contributed by atoms with Crippen molar-refractivity contribution < 1.29 is 13.2 Å². The average molecular weight is 280 g/mol. The lowest BCUT2D eigenvalue weighted by Gasteiger charge is -2.12. The predicted molar refractivity (Wildman–Crippen MR) is 63.3 cm³/mol. The van der Waals surface area contributed by atoms with Crippen molar-refractivity contribution in [2.24, 2.45) is 7.05 Å². The molecule has 0 fully saturated rings.